The minimum absolute atomic E-state index is 0.115. The monoisotopic (exact) mass is 507 g/mol. The summed E-state index contributed by atoms with van der Waals surface area (Å²) in [6.45, 7) is 11.0. The van der Waals surface area contributed by atoms with Gasteiger partial charge in [0.25, 0.3) is 0 Å². The van der Waals surface area contributed by atoms with Gasteiger partial charge in [-0.15, -0.1) is 6.58 Å². The zero-order valence-electron chi connectivity index (χ0n) is 22.4. The first-order chi connectivity index (χ1) is 17.9. The number of nitrogens with one attached hydrogen (secondary N) is 1. The first-order valence-electron chi connectivity index (χ1n) is 13.8. The molecule has 2 N–H and O–H groups in total. The zero-order valence-corrected chi connectivity index (χ0v) is 22.4. The predicted molar refractivity (Wildman–Crippen MR) is 148 cm³/mol. The van der Waals surface area contributed by atoms with Crippen molar-refractivity contribution in [3.63, 3.8) is 0 Å². The Kier molecular flexibility index (Phi) is 9.52. The lowest BCUT2D eigenvalue weighted by Gasteiger charge is -2.44. The Labute approximate surface area is 221 Å². The van der Waals surface area contributed by atoms with Crippen LogP contribution in [0.1, 0.15) is 61.3 Å². The second-order valence-corrected chi connectivity index (χ2v) is 10.8. The number of benzene rings is 2. The van der Waals surface area contributed by atoms with E-state index in [1.54, 1.807) is 6.07 Å². The first kappa shape index (κ1) is 27.5. The Balaban J connectivity index is 1.35. The molecule has 1 heterocycles. The standard InChI is InChI=1S/C31H42FN3O2/c1-4-9-24-10-5-6-11-25(24)14-15-30(36)33-29-19-28(32)18-27(23(29)3)21-34-16-17-35(22(2)20-34)31(37)26-12-7-8-13-26/h4-6,10-11,18-19,22,26,31,37H,1,7-9,12-17,20-21H2,2-3H3,(H,33,36)/t22-,31?/m0/s1. The molecule has 1 unspecified atom stereocenters. The molecule has 0 bridgehead atoms. The number of halogens is 1. The van der Waals surface area contributed by atoms with E-state index in [9.17, 15) is 14.3 Å². The molecule has 2 fully saturated rings. The van der Waals surface area contributed by atoms with Crippen molar-refractivity contribution >= 4 is 11.6 Å². The summed E-state index contributed by atoms with van der Waals surface area (Å²) < 4.78 is 14.6. The number of nitrogens with zero attached hydrogens (tertiary/aromatic N) is 2. The Morgan fingerprint density at radius 1 is 1.19 bits per heavy atom. The number of rotatable bonds is 10. The molecular weight excluding hydrogens is 465 g/mol. The van der Waals surface area contributed by atoms with Crippen molar-refractivity contribution < 1.29 is 14.3 Å². The highest BCUT2D eigenvalue weighted by molar-refractivity contribution is 5.91. The fraction of sp³-hybridized carbons (Fsp3) is 0.516. The smallest absolute Gasteiger partial charge is 0.224 e. The van der Waals surface area contributed by atoms with Crippen LogP contribution in [0.4, 0.5) is 10.1 Å². The van der Waals surface area contributed by atoms with Crippen molar-refractivity contribution in [2.75, 3.05) is 25.0 Å². The molecule has 2 aliphatic rings. The van der Waals surface area contributed by atoms with Crippen LogP contribution in [0, 0.1) is 18.7 Å². The topological polar surface area (TPSA) is 55.8 Å². The highest BCUT2D eigenvalue weighted by Crippen LogP contribution is 2.31. The molecule has 1 aliphatic heterocycles. The van der Waals surface area contributed by atoms with Crippen LogP contribution in [0.25, 0.3) is 0 Å². The molecule has 200 valence electrons. The van der Waals surface area contributed by atoms with Gasteiger partial charge < -0.3 is 10.4 Å². The molecule has 0 spiro atoms. The van der Waals surface area contributed by atoms with E-state index in [1.165, 1.54) is 24.5 Å². The predicted octanol–water partition coefficient (Wildman–Crippen LogP) is 5.45. The molecule has 2 aromatic rings. The number of hydrogen-bond donors (Lipinski definition) is 2. The van der Waals surface area contributed by atoms with E-state index in [4.69, 9.17) is 0 Å². The molecular formula is C31H42FN3O2. The molecule has 0 radical (unpaired) electrons. The van der Waals surface area contributed by atoms with Gasteiger partial charge in [-0.25, -0.2) is 4.39 Å². The zero-order chi connectivity index (χ0) is 26.4. The van der Waals surface area contributed by atoms with Gasteiger partial charge in [0.15, 0.2) is 0 Å². The quantitative estimate of drug-likeness (QED) is 0.420. The summed E-state index contributed by atoms with van der Waals surface area (Å²) in [6, 6.07) is 11.3. The minimum atomic E-state index is -0.360. The van der Waals surface area contributed by atoms with Gasteiger partial charge >= 0.3 is 0 Å². The summed E-state index contributed by atoms with van der Waals surface area (Å²) in [5, 5.41) is 13.8. The van der Waals surface area contributed by atoms with Gasteiger partial charge in [-0.05, 0) is 79.8 Å². The lowest BCUT2D eigenvalue weighted by atomic mass is 10.00. The van der Waals surface area contributed by atoms with Crippen LogP contribution in [0.5, 0.6) is 0 Å². The summed E-state index contributed by atoms with van der Waals surface area (Å²) in [5.41, 5.74) is 4.66. The third kappa shape index (κ3) is 7.07. The number of hydrogen-bond acceptors (Lipinski definition) is 4. The van der Waals surface area contributed by atoms with Crippen LogP contribution in [0.15, 0.2) is 49.1 Å². The maximum absolute atomic E-state index is 14.6. The summed E-state index contributed by atoms with van der Waals surface area (Å²) in [4.78, 5) is 17.3. The van der Waals surface area contributed by atoms with Gasteiger partial charge in [0, 0.05) is 44.3 Å². The van der Waals surface area contributed by atoms with Gasteiger partial charge in [-0.1, -0.05) is 43.2 Å². The molecule has 2 atom stereocenters. The van der Waals surface area contributed by atoms with E-state index in [1.807, 2.05) is 31.2 Å². The number of carbonyl (C=O) groups is 1. The Bertz CT molecular complexity index is 1080. The summed E-state index contributed by atoms with van der Waals surface area (Å²) in [5.74, 6) is -0.0622. The number of piperazine rings is 1. The van der Waals surface area contributed by atoms with Gasteiger partial charge in [-0.2, -0.15) is 0 Å². The Morgan fingerprint density at radius 2 is 1.92 bits per heavy atom. The first-order valence-corrected chi connectivity index (χ1v) is 13.8. The maximum Gasteiger partial charge on any atom is 0.224 e. The lowest BCUT2D eigenvalue weighted by Crippen LogP contribution is -2.56. The van der Waals surface area contributed by atoms with Crippen molar-refractivity contribution in [1.82, 2.24) is 9.80 Å². The Morgan fingerprint density at radius 3 is 2.62 bits per heavy atom. The van der Waals surface area contributed by atoms with E-state index in [0.717, 1.165) is 55.6 Å². The normalized spacial score (nSPS) is 20.2. The highest BCUT2D eigenvalue weighted by atomic mass is 19.1. The second kappa shape index (κ2) is 12.8. The average Bonchev–Trinajstić information content (AvgIpc) is 3.41. The third-order valence-corrected chi connectivity index (χ3v) is 8.18. The minimum Gasteiger partial charge on any atom is -0.378 e. The highest BCUT2D eigenvalue weighted by Gasteiger charge is 2.34. The molecule has 1 aliphatic carbocycles. The number of aliphatic hydroxyl groups excluding tert-OH is 1. The molecule has 1 amide bonds. The van der Waals surface area contributed by atoms with Crippen LogP contribution in [0.2, 0.25) is 0 Å². The summed E-state index contributed by atoms with van der Waals surface area (Å²) in [6.07, 6.45) is 7.92. The van der Waals surface area contributed by atoms with Gasteiger partial charge in [0.1, 0.15) is 12.0 Å². The van der Waals surface area contributed by atoms with Crippen LogP contribution >= 0.6 is 0 Å². The largest absolute Gasteiger partial charge is 0.378 e. The van der Waals surface area contributed by atoms with E-state index >= 15 is 0 Å². The summed E-state index contributed by atoms with van der Waals surface area (Å²) in [7, 11) is 0. The number of amides is 1. The SMILES string of the molecule is C=CCc1ccccc1CCC(=O)Nc1cc(F)cc(CN2CCN(C(O)C3CCCC3)[C@@H](C)C2)c1C. The van der Waals surface area contributed by atoms with Crippen molar-refractivity contribution in [3.05, 3.63) is 77.1 Å². The molecule has 0 aromatic heterocycles. The molecule has 5 nitrogen and oxygen atoms in total. The van der Waals surface area contributed by atoms with Crippen molar-refractivity contribution in [2.24, 2.45) is 5.92 Å². The lowest BCUT2D eigenvalue weighted by molar-refractivity contribution is -0.116. The average molecular weight is 508 g/mol. The molecule has 37 heavy (non-hydrogen) atoms. The van der Waals surface area contributed by atoms with Crippen LogP contribution in [-0.4, -0.2) is 52.7 Å². The summed E-state index contributed by atoms with van der Waals surface area (Å²) >= 11 is 0. The molecule has 4 rings (SSSR count). The number of aryl methyl sites for hydroxylation is 1. The maximum atomic E-state index is 14.6. The van der Waals surface area contributed by atoms with Crippen molar-refractivity contribution in [1.29, 1.82) is 0 Å². The fourth-order valence-electron chi connectivity index (χ4n) is 6.00. The van der Waals surface area contributed by atoms with Crippen LogP contribution in [0.3, 0.4) is 0 Å². The van der Waals surface area contributed by atoms with Crippen LogP contribution < -0.4 is 5.32 Å². The molecule has 1 saturated carbocycles. The number of carbonyl (C=O) groups excluding carboxylic acids is 1. The van der Waals surface area contributed by atoms with Gasteiger partial charge in [0.2, 0.25) is 5.91 Å². The number of anilines is 1. The van der Waals surface area contributed by atoms with Gasteiger partial charge in [0.05, 0.1) is 0 Å². The van der Waals surface area contributed by atoms with E-state index in [0.29, 0.717) is 31.0 Å². The van der Waals surface area contributed by atoms with E-state index < -0.39 is 0 Å². The number of allylic oxidation sites excluding steroid dienone is 1. The number of aliphatic hydroxyl groups is 1. The third-order valence-electron chi connectivity index (χ3n) is 8.18. The molecule has 6 heteroatoms. The second-order valence-electron chi connectivity index (χ2n) is 10.8. The van der Waals surface area contributed by atoms with E-state index in [-0.39, 0.29) is 24.0 Å². The molecule has 1 saturated heterocycles. The Hall–Kier alpha value is -2.54. The van der Waals surface area contributed by atoms with Crippen molar-refractivity contribution in [2.45, 2.75) is 77.6 Å². The molecule has 2 aromatic carbocycles. The fourth-order valence-corrected chi connectivity index (χ4v) is 6.00. The van der Waals surface area contributed by atoms with Gasteiger partial charge in [-0.3, -0.25) is 14.6 Å². The van der Waals surface area contributed by atoms with Crippen LogP contribution in [-0.2, 0) is 24.2 Å². The van der Waals surface area contributed by atoms with Crippen molar-refractivity contribution in [3.8, 4) is 0 Å². The van der Waals surface area contributed by atoms with E-state index in [2.05, 4.69) is 34.7 Å².